The lowest BCUT2D eigenvalue weighted by molar-refractivity contribution is -0.129. The number of nitrogens with two attached hydrogens (primary N) is 1. The molecule has 1 aliphatic heterocycles. The van der Waals surface area contributed by atoms with Crippen molar-refractivity contribution in [3.05, 3.63) is 65.0 Å². The van der Waals surface area contributed by atoms with Gasteiger partial charge >= 0.3 is 6.01 Å². The Morgan fingerprint density at radius 1 is 1.16 bits per heavy atom. The van der Waals surface area contributed by atoms with Gasteiger partial charge in [0.25, 0.3) is 0 Å². The van der Waals surface area contributed by atoms with E-state index >= 15 is 0 Å². The number of ether oxygens (including phenoxy) is 1. The molecular weight excluding hydrogens is 438 g/mol. The third-order valence-electron chi connectivity index (χ3n) is 4.69. The summed E-state index contributed by atoms with van der Waals surface area (Å²) < 4.78 is 10.5. The van der Waals surface area contributed by atoms with Gasteiger partial charge in [-0.15, -0.1) is 16.9 Å². The van der Waals surface area contributed by atoms with Crippen LogP contribution in [0.4, 0.5) is 11.7 Å². The van der Waals surface area contributed by atoms with Crippen molar-refractivity contribution < 1.29 is 13.9 Å². The zero-order valence-corrected chi connectivity index (χ0v) is 18.2. The number of rotatable bonds is 9. The quantitative estimate of drug-likeness (QED) is 0.469. The van der Waals surface area contributed by atoms with Crippen LogP contribution in [0.5, 0.6) is 0 Å². The van der Waals surface area contributed by atoms with Crippen LogP contribution in [0.1, 0.15) is 11.5 Å². The van der Waals surface area contributed by atoms with Gasteiger partial charge < -0.3 is 25.1 Å². The summed E-state index contributed by atoms with van der Waals surface area (Å²) in [6.45, 7) is 2.02. The second-order valence-electron chi connectivity index (χ2n) is 7.08. The van der Waals surface area contributed by atoms with Crippen molar-refractivity contribution in [2.24, 2.45) is 0 Å². The summed E-state index contributed by atoms with van der Waals surface area (Å²) >= 11 is 7.60. The second-order valence-corrected chi connectivity index (χ2v) is 8.50. The van der Waals surface area contributed by atoms with E-state index in [1.54, 1.807) is 11.0 Å². The van der Waals surface area contributed by atoms with Crippen molar-refractivity contribution in [3.63, 3.8) is 0 Å². The summed E-state index contributed by atoms with van der Waals surface area (Å²) in [5.41, 5.74) is 7.54. The molecule has 1 fully saturated rings. The molecule has 10 heteroatoms. The molecule has 1 saturated heterocycles. The van der Waals surface area contributed by atoms with Gasteiger partial charge in [0, 0.05) is 17.1 Å². The van der Waals surface area contributed by atoms with Crippen LogP contribution >= 0.6 is 23.4 Å². The van der Waals surface area contributed by atoms with Crippen molar-refractivity contribution in [1.82, 2.24) is 15.1 Å². The highest BCUT2D eigenvalue weighted by atomic mass is 35.5. The first-order valence-corrected chi connectivity index (χ1v) is 11.1. The highest BCUT2D eigenvalue weighted by molar-refractivity contribution is 8.00. The van der Waals surface area contributed by atoms with Crippen LogP contribution in [0.25, 0.3) is 0 Å². The Balaban J connectivity index is 1.42. The third kappa shape index (κ3) is 5.90. The zero-order valence-electron chi connectivity index (χ0n) is 16.7. The number of nitrogens with zero attached hydrogens (tertiary/aromatic N) is 3. The minimum atomic E-state index is -0.0736. The molecule has 0 saturated carbocycles. The monoisotopic (exact) mass is 459 g/mol. The van der Waals surface area contributed by atoms with Gasteiger partial charge in [-0.25, -0.2) is 0 Å². The summed E-state index contributed by atoms with van der Waals surface area (Å²) in [4.78, 5) is 15.5. The first-order valence-electron chi connectivity index (χ1n) is 9.73. The Bertz CT molecular complexity index is 1030. The lowest BCUT2D eigenvalue weighted by Gasteiger charge is -2.28. The molecule has 1 aliphatic rings. The Labute approximate surface area is 189 Å². The maximum absolute atomic E-state index is 13.0. The van der Waals surface area contributed by atoms with Crippen LogP contribution in [0.15, 0.2) is 57.8 Å². The van der Waals surface area contributed by atoms with Crippen molar-refractivity contribution in [2.45, 2.75) is 24.0 Å². The zero-order chi connectivity index (χ0) is 21.6. The highest BCUT2D eigenvalue weighted by Gasteiger charge is 2.20. The average Bonchev–Trinajstić information content (AvgIpc) is 3.15. The average molecular weight is 460 g/mol. The van der Waals surface area contributed by atoms with E-state index in [1.165, 1.54) is 11.8 Å². The predicted molar refractivity (Wildman–Crippen MR) is 120 cm³/mol. The molecule has 8 nitrogen and oxygen atoms in total. The van der Waals surface area contributed by atoms with Crippen LogP contribution in [-0.2, 0) is 22.6 Å². The number of hydrogen-bond acceptors (Lipinski definition) is 8. The fraction of sp³-hybridized carbons (Fsp3) is 0.286. The van der Waals surface area contributed by atoms with Crippen molar-refractivity contribution in [1.29, 1.82) is 0 Å². The van der Waals surface area contributed by atoms with E-state index in [0.29, 0.717) is 17.6 Å². The molecule has 0 bridgehead atoms. The summed E-state index contributed by atoms with van der Waals surface area (Å²) in [6, 6.07) is 15.8. The van der Waals surface area contributed by atoms with Crippen molar-refractivity contribution >= 4 is 41.0 Å². The molecule has 0 radical (unpaired) electrons. The number of nitrogens with one attached hydrogen (secondary N) is 1. The SMILES string of the molecule is Nc1nnc(CN(Cc2ccc(NC3COC3)cc2)C(=O)CSc2ccccc2Cl)o1. The van der Waals surface area contributed by atoms with Gasteiger partial charge in [-0.3, -0.25) is 4.79 Å². The minimum Gasteiger partial charge on any atom is -0.406 e. The first-order chi connectivity index (χ1) is 15.1. The normalized spacial score (nSPS) is 13.6. The number of carbonyl (C=O) groups is 1. The number of carbonyl (C=O) groups excluding carboxylic acids is 1. The smallest absolute Gasteiger partial charge is 0.312 e. The second kappa shape index (κ2) is 10.0. The molecule has 0 atom stereocenters. The Hall–Kier alpha value is -2.75. The van der Waals surface area contributed by atoms with Gasteiger partial charge in [-0.05, 0) is 29.8 Å². The van der Waals surface area contributed by atoms with E-state index < -0.39 is 0 Å². The number of thioether (sulfide) groups is 1. The summed E-state index contributed by atoms with van der Waals surface area (Å²) in [5, 5.41) is 11.6. The Morgan fingerprint density at radius 2 is 1.94 bits per heavy atom. The molecule has 0 spiro atoms. The number of benzene rings is 2. The van der Waals surface area contributed by atoms with E-state index in [0.717, 1.165) is 29.4 Å². The standard InChI is InChI=1S/C21H22ClN5O3S/c22-17-3-1-2-4-18(17)31-13-20(28)27(10-19-25-26-21(23)30-19)9-14-5-7-15(8-6-14)24-16-11-29-12-16/h1-8,16,24H,9-13H2,(H2,23,26). The number of hydrogen-bond donors (Lipinski definition) is 2. The van der Waals surface area contributed by atoms with E-state index in [-0.39, 0.29) is 30.1 Å². The molecule has 31 heavy (non-hydrogen) atoms. The van der Waals surface area contributed by atoms with Crippen molar-refractivity contribution in [2.75, 3.05) is 30.0 Å². The summed E-state index contributed by atoms with van der Waals surface area (Å²) in [6.07, 6.45) is 0. The van der Waals surface area contributed by atoms with E-state index in [4.69, 9.17) is 26.5 Å². The first kappa shape index (κ1) is 21.5. The fourth-order valence-corrected chi connectivity index (χ4v) is 4.14. The molecule has 0 aliphatic carbocycles. The van der Waals surface area contributed by atoms with E-state index in [9.17, 15) is 4.79 Å². The van der Waals surface area contributed by atoms with Crippen LogP contribution in [0.2, 0.25) is 5.02 Å². The molecule has 1 amide bonds. The molecule has 0 unspecified atom stereocenters. The molecule has 1 aromatic heterocycles. The molecular formula is C21H22ClN5O3S. The number of nitrogen functional groups attached to an aromatic ring is 1. The summed E-state index contributed by atoms with van der Waals surface area (Å²) in [5.74, 6) is 0.446. The maximum atomic E-state index is 13.0. The molecule has 4 rings (SSSR count). The molecule has 3 aromatic rings. The molecule has 3 N–H and O–H groups in total. The Morgan fingerprint density at radius 3 is 2.58 bits per heavy atom. The maximum Gasteiger partial charge on any atom is 0.312 e. The fourth-order valence-electron chi connectivity index (χ4n) is 3.00. The third-order valence-corrected chi connectivity index (χ3v) is 6.19. The van der Waals surface area contributed by atoms with Crippen LogP contribution in [0.3, 0.4) is 0 Å². The van der Waals surface area contributed by atoms with Gasteiger partial charge in [-0.2, -0.15) is 0 Å². The molecule has 2 aromatic carbocycles. The van der Waals surface area contributed by atoms with Crippen LogP contribution < -0.4 is 11.1 Å². The highest BCUT2D eigenvalue weighted by Crippen LogP contribution is 2.27. The van der Waals surface area contributed by atoms with Gasteiger partial charge in [-0.1, -0.05) is 41.0 Å². The molecule has 162 valence electrons. The lowest BCUT2D eigenvalue weighted by atomic mass is 10.1. The predicted octanol–water partition coefficient (Wildman–Crippen LogP) is 3.44. The van der Waals surface area contributed by atoms with Gasteiger partial charge in [0.05, 0.1) is 36.6 Å². The minimum absolute atomic E-state index is 0.0248. The molecule has 2 heterocycles. The van der Waals surface area contributed by atoms with Crippen LogP contribution in [0, 0.1) is 0 Å². The number of amides is 1. The van der Waals surface area contributed by atoms with Gasteiger partial charge in [0.15, 0.2) is 0 Å². The van der Waals surface area contributed by atoms with E-state index in [1.807, 2.05) is 42.5 Å². The topological polar surface area (TPSA) is 107 Å². The largest absolute Gasteiger partial charge is 0.406 e. The summed E-state index contributed by atoms with van der Waals surface area (Å²) in [7, 11) is 0. The van der Waals surface area contributed by atoms with Crippen molar-refractivity contribution in [3.8, 4) is 0 Å². The van der Waals surface area contributed by atoms with Crippen LogP contribution in [-0.4, -0.2) is 46.0 Å². The van der Waals surface area contributed by atoms with Gasteiger partial charge in [0.1, 0.15) is 0 Å². The number of anilines is 2. The Kier molecular flexibility index (Phi) is 6.96. The lowest BCUT2D eigenvalue weighted by Crippen LogP contribution is -2.40. The van der Waals surface area contributed by atoms with Gasteiger partial charge in [0.2, 0.25) is 11.8 Å². The number of halogens is 1. The van der Waals surface area contributed by atoms with E-state index in [2.05, 4.69) is 15.5 Å². The number of aromatic nitrogens is 2.